The second-order valence-electron chi connectivity index (χ2n) is 12.4. The van der Waals surface area contributed by atoms with Crippen LogP contribution < -0.4 is 10.2 Å². The van der Waals surface area contributed by atoms with E-state index < -0.39 is 31.9 Å². The number of benzene rings is 1. The van der Waals surface area contributed by atoms with Gasteiger partial charge in [0.1, 0.15) is 0 Å². The molecule has 1 aromatic heterocycles. The van der Waals surface area contributed by atoms with E-state index in [0.29, 0.717) is 41.9 Å². The standard InChI is InChI=1S/C31H44N4O5Si/c1-8-9-20-40-29(38)34-27-28(37)35(21-25(36)30(2,3)17-18-31(4,5)41(6,7)39)24-16-11-10-14-22(24)26(33-27)23-15-12-13-19-32-23/h10-16,19,27,39H,8-9,17-18,20-21H2,1-7H3,(H,34,38). The van der Waals surface area contributed by atoms with E-state index in [4.69, 9.17) is 4.74 Å². The third kappa shape index (κ3) is 7.89. The van der Waals surface area contributed by atoms with Gasteiger partial charge in [0, 0.05) is 17.2 Å². The first-order chi connectivity index (χ1) is 19.2. The molecular weight excluding hydrogens is 536 g/mol. The van der Waals surface area contributed by atoms with Crippen LogP contribution in [0.25, 0.3) is 0 Å². The number of pyridine rings is 1. The Morgan fingerprint density at radius 3 is 2.39 bits per heavy atom. The molecule has 1 aliphatic heterocycles. The molecule has 41 heavy (non-hydrogen) atoms. The van der Waals surface area contributed by atoms with Gasteiger partial charge in [0.25, 0.3) is 5.91 Å². The normalized spacial score (nSPS) is 16.0. The quantitative estimate of drug-likeness (QED) is 0.254. The number of unbranched alkanes of at least 4 members (excludes halogenated alkanes) is 1. The SMILES string of the molecule is CCCCOC(=O)NC1N=C(c2ccccn2)c2ccccc2N(CC(=O)C(C)(C)CCC(C)(C)[Si](C)(C)O)C1=O. The van der Waals surface area contributed by atoms with Crippen molar-refractivity contribution in [3.8, 4) is 0 Å². The molecule has 3 rings (SSSR count). The van der Waals surface area contributed by atoms with E-state index in [1.165, 1.54) is 4.90 Å². The summed E-state index contributed by atoms with van der Waals surface area (Å²) in [7, 11) is -2.45. The number of hydrogen-bond donors (Lipinski definition) is 2. The molecule has 10 heteroatoms. The molecule has 0 spiro atoms. The lowest BCUT2D eigenvalue weighted by atomic mass is 9.81. The Morgan fingerprint density at radius 1 is 1.07 bits per heavy atom. The fourth-order valence-electron chi connectivity index (χ4n) is 4.28. The average Bonchev–Trinajstić information content (AvgIpc) is 3.03. The van der Waals surface area contributed by atoms with Gasteiger partial charge < -0.3 is 14.4 Å². The number of hydrogen-bond acceptors (Lipinski definition) is 7. The number of nitrogens with one attached hydrogen (secondary N) is 1. The van der Waals surface area contributed by atoms with Gasteiger partial charge in [0.05, 0.1) is 30.2 Å². The van der Waals surface area contributed by atoms with Gasteiger partial charge >= 0.3 is 6.09 Å². The van der Waals surface area contributed by atoms with Crippen LogP contribution >= 0.6 is 0 Å². The van der Waals surface area contributed by atoms with Crippen molar-refractivity contribution in [3.63, 3.8) is 0 Å². The smallest absolute Gasteiger partial charge is 0.409 e. The number of aromatic nitrogens is 1. The number of benzodiazepines with no additional fused rings is 1. The number of nitrogens with zero attached hydrogens (tertiary/aromatic N) is 3. The van der Waals surface area contributed by atoms with Crippen molar-refractivity contribution in [1.29, 1.82) is 0 Å². The Labute approximate surface area is 244 Å². The van der Waals surface area contributed by atoms with Crippen molar-refractivity contribution in [1.82, 2.24) is 10.3 Å². The lowest BCUT2D eigenvalue weighted by Crippen LogP contribution is -2.50. The highest BCUT2D eigenvalue weighted by Gasteiger charge is 2.41. The third-order valence-electron chi connectivity index (χ3n) is 8.19. The van der Waals surface area contributed by atoms with Crippen molar-refractivity contribution in [2.24, 2.45) is 10.4 Å². The van der Waals surface area contributed by atoms with Gasteiger partial charge in [-0.2, -0.15) is 0 Å². The first-order valence-electron chi connectivity index (χ1n) is 14.3. The summed E-state index contributed by atoms with van der Waals surface area (Å²) >= 11 is 0. The Bertz CT molecular complexity index is 1270. The molecule has 0 fully saturated rings. The van der Waals surface area contributed by atoms with E-state index in [0.717, 1.165) is 6.42 Å². The first-order valence-corrected chi connectivity index (χ1v) is 17.2. The second kappa shape index (κ2) is 13.1. The zero-order valence-electron chi connectivity index (χ0n) is 25.4. The Kier molecular flexibility index (Phi) is 10.3. The molecule has 2 amide bonds. The van der Waals surface area contributed by atoms with E-state index in [9.17, 15) is 19.2 Å². The highest BCUT2D eigenvalue weighted by Crippen LogP contribution is 2.43. The molecule has 0 saturated carbocycles. The summed E-state index contributed by atoms with van der Waals surface area (Å²) < 4.78 is 5.26. The molecule has 222 valence electrons. The van der Waals surface area contributed by atoms with Crippen molar-refractivity contribution in [2.45, 2.75) is 84.6 Å². The zero-order chi connectivity index (χ0) is 30.4. The lowest BCUT2D eigenvalue weighted by molar-refractivity contribution is -0.128. The van der Waals surface area contributed by atoms with E-state index in [-0.39, 0.29) is 24.0 Å². The molecule has 2 heterocycles. The highest BCUT2D eigenvalue weighted by molar-refractivity contribution is 6.72. The fourth-order valence-corrected chi connectivity index (χ4v) is 5.02. The maximum atomic E-state index is 14.0. The maximum Gasteiger partial charge on any atom is 0.409 e. The number of aliphatic imine (C=N–C) groups is 1. The predicted octanol–water partition coefficient (Wildman–Crippen LogP) is 5.47. The number of ether oxygens (including phenoxy) is 1. The van der Waals surface area contributed by atoms with Gasteiger partial charge in [0.15, 0.2) is 14.1 Å². The van der Waals surface area contributed by atoms with Crippen LogP contribution in [0.5, 0.6) is 0 Å². The summed E-state index contributed by atoms with van der Waals surface area (Å²) in [4.78, 5) is 61.7. The first kappa shape index (κ1) is 32.1. The van der Waals surface area contributed by atoms with Gasteiger partial charge in [-0.3, -0.25) is 19.9 Å². The number of fused-ring (bicyclic) bond motifs is 1. The molecule has 0 aliphatic carbocycles. The summed E-state index contributed by atoms with van der Waals surface area (Å²) in [5.74, 6) is -0.663. The molecule has 1 atom stereocenters. The van der Waals surface area contributed by atoms with Crippen LogP contribution in [-0.2, 0) is 14.3 Å². The molecule has 2 N–H and O–H groups in total. The summed E-state index contributed by atoms with van der Waals surface area (Å²) in [6, 6.07) is 12.6. The van der Waals surface area contributed by atoms with Crippen molar-refractivity contribution >= 4 is 37.5 Å². The number of rotatable bonds is 12. The number of carbonyl (C=O) groups excluding carboxylic acids is 3. The van der Waals surface area contributed by atoms with Gasteiger partial charge in [-0.05, 0) is 55.6 Å². The number of alkyl carbamates (subject to hydrolysis) is 1. The largest absolute Gasteiger partial charge is 0.450 e. The second-order valence-corrected chi connectivity index (χ2v) is 16.9. The molecule has 2 aromatic rings. The van der Waals surface area contributed by atoms with E-state index in [1.54, 1.807) is 30.5 Å². The molecule has 1 aromatic carbocycles. The lowest BCUT2D eigenvalue weighted by Gasteiger charge is -2.38. The van der Waals surface area contributed by atoms with Crippen LogP contribution in [0.15, 0.2) is 53.7 Å². The number of Topliss-reactive ketones (excluding diaryl/α,β-unsaturated/α-hetero) is 1. The Hall–Kier alpha value is -3.37. The van der Waals surface area contributed by atoms with Gasteiger partial charge in [-0.25, -0.2) is 9.79 Å². The maximum absolute atomic E-state index is 14.0. The fraction of sp³-hybridized carbons (Fsp3) is 0.516. The summed E-state index contributed by atoms with van der Waals surface area (Å²) in [6.07, 6.45) is 2.35. The molecular formula is C31H44N4O5Si. The molecule has 0 saturated heterocycles. The van der Waals surface area contributed by atoms with Crippen LogP contribution in [-0.4, -0.2) is 60.9 Å². The van der Waals surface area contributed by atoms with E-state index in [2.05, 4.69) is 15.3 Å². The van der Waals surface area contributed by atoms with Crippen LogP contribution in [0.2, 0.25) is 18.1 Å². The number of anilines is 1. The van der Waals surface area contributed by atoms with Crippen molar-refractivity contribution in [2.75, 3.05) is 18.1 Å². The molecule has 0 radical (unpaired) electrons. The van der Waals surface area contributed by atoms with Crippen molar-refractivity contribution in [3.05, 3.63) is 59.9 Å². The average molecular weight is 581 g/mol. The number of amides is 2. The Morgan fingerprint density at radius 2 is 1.76 bits per heavy atom. The minimum atomic E-state index is -2.45. The zero-order valence-corrected chi connectivity index (χ0v) is 26.4. The highest BCUT2D eigenvalue weighted by atomic mass is 28.4. The number of carbonyl (C=O) groups is 3. The Balaban J connectivity index is 1.98. The van der Waals surface area contributed by atoms with Crippen LogP contribution in [0.3, 0.4) is 0 Å². The summed E-state index contributed by atoms with van der Waals surface area (Å²) in [5, 5.41) is 2.32. The van der Waals surface area contributed by atoms with E-state index >= 15 is 0 Å². The molecule has 9 nitrogen and oxygen atoms in total. The van der Waals surface area contributed by atoms with Gasteiger partial charge in [-0.1, -0.05) is 65.3 Å². The van der Waals surface area contributed by atoms with Crippen molar-refractivity contribution < 1.29 is 23.9 Å². The van der Waals surface area contributed by atoms with Crippen LogP contribution in [0.1, 0.15) is 71.6 Å². The number of para-hydroxylation sites is 1. The third-order valence-corrected chi connectivity index (χ3v) is 11.8. The van der Waals surface area contributed by atoms with E-state index in [1.807, 2.05) is 65.9 Å². The molecule has 1 unspecified atom stereocenters. The predicted molar refractivity (Wildman–Crippen MR) is 164 cm³/mol. The van der Waals surface area contributed by atoms with Crippen LogP contribution in [0, 0.1) is 5.41 Å². The minimum Gasteiger partial charge on any atom is -0.450 e. The van der Waals surface area contributed by atoms with Crippen LogP contribution in [0.4, 0.5) is 10.5 Å². The molecule has 0 bridgehead atoms. The molecule has 1 aliphatic rings. The monoisotopic (exact) mass is 580 g/mol. The van der Waals surface area contributed by atoms with Gasteiger partial charge in [-0.15, -0.1) is 0 Å². The topological polar surface area (TPSA) is 121 Å². The van der Waals surface area contributed by atoms with Gasteiger partial charge in [0.2, 0.25) is 6.17 Å². The summed E-state index contributed by atoms with van der Waals surface area (Å²) in [6.45, 7) is 13.7. The minimum absolute atomic E-state index is 0.126. The summed E-state index contributed by atoms with van der Waals surface area (Å²) in [5.41, 5.74) is 1.34. The number of ketones is 1.